The maximum Gasteiger partial charge on any atom is 0.251 e. The second-order valence-electron chi connectivity index (χ2n) is 9.24. The highest BCUT2D eigenvalue weighted by atomic mass is 32.2. The van der Waals surface area contributed by atoms with Crippen LogP contribution >= 0.6 is 0 Å². The van der Waals surface area contributed by atoms with Crippen LogP contribution in [-0.4, -0.2) is 79.2 Å². The van der Waals surface area contributed by atoms with Gasteiger partial charge in [0, 0.05) is 18.8 Å². The number of sulfonamides is 1. The molecule has 4 rings (SSSR count). The molecule has 194 valence electrons. The number of aliphatic hydroxyl groups excluding tert-OH is 4. The summed E-state index contributed by atoms with van der Waals surface area (Å²) in [6.45, 7) is 2.87. The van der Waals surface area contributed by atoms with E-state index in [9.17, 15) is 34.1 Å². The number of allylic oxidation sites excluding steroid dienone is 2. The molecule has 0 saturated carbocycles. The van der Waals surface area contributed by atoms with E-state index in [1.54, 1.807) is 18.2 Å². The van der Waals surface area contributed by atoms with Gasteiger partial charge >= 0.3 is 0 Å². The molecule has 5 N–H and O–H groups in total. The minimum atomic E-state index is -4.52. The van der Waals surface area contributed by atoms with Crippen LogP contribution in [-0.2, 0) is 14.8 Å². The van der Waals surface area contributed by atoms with Crippen molar-refractivity contribution in [2.24, 2.45) is 0 Å². The minimum absolute atomic E-state index is 0.182. The zero-order chi connectivity index (χ0) is 26.0. The van der Waals surface area contributed by atoms with E-state index in [1.807, 2.05) is 18.2 Å². The predicted octanol–water partition coefficient (Wildman–Crippen LogP) is 0.804. The van der Waals surface area contributed by atoms with E-state index < -0.39 is 52.2 Å². The van der Waals surface area contributed by atoms with Crippen LogP contribution in [0.5, 0.6) is 0 Å². The van der Waals surface area contributed by atoms with Gasteiger partial charge in [-0.1, -0.05) is 18.2 Å². The molecule has 0 spiro atoms. The SMILES string of the molecule is C/C(=C(/C#N)S(=O)(=O)N[C@H]1C(O)O[C@H](CO)[C@@H](O)[C@@H]1O)c1ccc2cc(N3CCCCC3)ccc2c1. The first kappa shape index (κ1) is 26.5. The summed E-state index contributed by atoms with van der Waals surface area (Å²) in [5, 5.41) is 51.3. The fourth-order valence-electron chi connectivity index (χ4n) is 4.75. The number of rotatable bonds is 6. The summed E-state index contributed by atoms with van der Waals surface area (Å²) in [5.41, 5.74) is 1.85. The summed E-state index contributed by atoms with van der Waals surface area (Å²) in [6.07, 6.45) is -2.95. The van der Waals surface area contributed by atoms with Gasteiger partial charge < -0.3 is 30.1 Å². The summed E-state index contributed by atoms with van der Waals surface area (Å²) < 4.78 is 33.2. The summed E-state index contributed by atoms with van der Waals surface area (Å²) in [6, 6.07) is 11.6. The van der Waals surface area contributed by atoms with Gasteiger partial charge in [-0.15, -0.1) is 0 Å². The second kappa shape index (κ2) is 10.8. The summed E-state index contributed by atoms with van der Waals surface area (Å²) in [7, 11) is -4.52. The van der Waals surface area contributed by atoms with E-state index in [0.29, 0.717) is 5.56 Å². The largest absolute Gasteiger partial charge is 0.394 e. The van der Waals surface area contributed by atoms with Crippen LogP contribution in [0.25, 0.3) is 16.3 Å². The molecule has 2 heterocycles. The van der Waals surface area contributed by atoms with Crippen LogP contribution in [0.4, 0.5) is 5.69 Å². The van der Waals surface area contributed by atoms with Crippen molar-refractivity contribution in [1.29, 1.82) is 5.26 Å². The smallest absolute Gasteiger partial charge is 0.251 e. The molecule has 2 aromatic rings. The molecule has 0 amide bonds. The molecule has 0 bridgehead atoms. The van der Waals surface area contributed by atoms with Crippen molar-refractivity contribution in [3.63, 3.8) is 0 Å². The zero-order valence-electron chi connectivity index (χ0n) is 19.9. The van der Waals surface area contributed by atoms with Gasteiger partial charge in [0.15, 0.2) is 11.2 Å². The van der Waals surface area contributed by atoms with E-state index >= 15 is 0 Å². The van der Waals surface area contributed by atoms with Crippen LogP contribution in [0.3, 0.4) is 0 Å². The lowest BCUT2D eigenvalue weighted by molar-refractivity contribution is -0.251. The van der Waals surface area contributed by atoms with Gasteiger partial charge in [0.1, 0.15) is 30.4 Å². The lowest BCUT2D eigenvalue weighted by Gasteiger charge is -2.40. The normalized spacial score (nSPS) is 28.0. The van der Waals surface area contributed by atoms with Crippen LogP contribution in [0, 0.1) is 11.3 Å². The molecular weight excluding hydrogens is 486 g/mol. The fraction of sp³-hybridized carbons (Fsp3) is 0.480. The quantitative estimate of drug-likeness (QED) is 0.349. The molecule has 11 heteroatoms. The molecule has 0 aromatic heterocycles. The number of benzene rings is 2. The second-order valence-corrected chi connectivity index (χ2v) is 10.9. The van der Waals surface area contributed by atoms with Crippen molar-refractivity contribution in [1.82, 2.24) is 4.72 Å². The van der Waals surface area contributed by atoms with Gasteiger partial charge in [0.25, 0.3) is 10.0 Å². The molecule has 10 nitrogen and oxygen atoms in total. The minimum Gasteiger partial charge on any atom is -0.394 e. The summed E-state index contributed by atoms with van der Waals surface area (Å²) >= 11 is 0. The first-order chi connectivity index (χ1) is 17.2. The van der Waals surface area contributed by atoms with Crippen LogP contribution in [0.2, 0.25) is 0 Å². The number of aliphatic hydroxyl groups is 4. The third kappa shape index (κ3) is 5.26. The number of hydrogen-bond acceptors (Lipinski definition) is 9. The van der Waals surface area contributed by atoms with Crippen molar-refractivity contribution < 1.29 is 33.6 Å². The first-order valence-electron chi connectivity index (χ1n) is 11.9. The maximum atomic E-state index is 13.1. The van der Waals surface area contributed by atoms with Crippen molar-refractivity contribution in [3.8, 4) is 6.07 Å². The highest BCUT2D eigenvalue weighted by Crippen LogP contribution is 2.30. The van der Waals surface area contributed by atoms with Crippen LogP contribution in [0.1, 0.15) is 31.7 Å². The van der Waals surface area contributed by atoms with Gasteiger partial charge in [-0.3, -0.25) is 0 Å². The Morgan fingerprint density at radius 2 is 1.75 bits per heavy atom. The van der Waals surface area contributed by atoms with Crippen LogP contribution in [0.15, 0.2) is 41.3 Å². The van der Waals surface area contributed by atoms with Crippen LogP contribution < -0.4 is 9.62 Å². The Kier molecular flexibility index (Phi) is 7.96. The molecule has 2 fully saturated rings. The Hall–Kier alpha value is -2.56. The van der Waals surface area contributed by atoms with E-state index in [0.717, 1.165) is 29.5 Å². The molecule has 2 saturated heterocycles. The standard InChI is InChI=1S/C25H31N3O7S/c1-15(16-5-6-18-12-19(8-7-17(18)11-16)28-9-3-2-4-10-28)21(13-26)36(33,34)27-22-24(31)23(30)20(14-29)35-25(22)32/h5-8,11-12,20,22-25,27,29-32H,2-4,9-10,14H2,1H3/b21-15+/t20-,22-,23-,24-,25?/m1/s1. The van der Waals surface area contributed by atoms with E-state index in [4.69, 9.17) is 4.74 Å². The number of nitrogens with zero attached hydrogens (tertiary/aromatic N) is 2. The van der Waals surface area contributed by atoms with Gasteiger partial charge in [-0.25, -0.2) is 8.42 Å². The number of piperidine rings is 1. The maximum absolute atomic E-state index is 13.1. The third-order valence-corrected chi connectivity index (χ3v) is 8.40. The molecule has 2 aliphatic rings. The molecule has 36 heavy (non-hydrogen) atoms. The third-order valence-electron chi connectivity index (χ3n) is 6.88. The molecular formula is C25H31N3O7S. The lowest BCUT2D eigenvalue weighted by atomic mass is 9.98. The fourth-order valence-corrected chi connectivity index (χ4v) is 6.13. The van der Waals surface area contributed by atoms with Gasteiger partial charge in [-0.05, 0) is 66.3 Å². The number of anilines is 1. The van der Waals surface area contributed by atoms with Crippen molar-refractivity contribution in [2.45, 2.75) is 56.8 Å². The van der Waals surface area contributed by atoms with Gasteiger partial charge in [0.2, 0.25) is 0 Å². The van der Waals surface area contributed by atoms with E-state index in [-0.39, 0.29) is 5.57 Å². The summed E-state index contributed by atoms with van der Waals surface area (Å²) in [5.74, 6) is 0. The predicted molar refractivity (Wildman–Crippen MR) is 134 cm³/mol. The van der Waals surface area contributed by atoms with E-state index in [2.05, 4.69) is 15.7 Å². The van der Waals surface area contributed by atoms with Gasteiger partial charge in [0.05, 0.1) is 6.61 Å². The Balaban J connectivity index is 1.61. The summed E-state index contributed by atoms with van der Waals surface area (Å²) in [4.78, 5) is 1.76. The Morgan fingerprint density at radius 3 is 2.42 bits per heavy atom. The molecule has 5 atom stereocenters. The Labute approximate surface area is 210 Å². The monoisotopic (exact) mass is 517 g/mol. The molecule has 2 aliphatic heterocycles. The molecule has 0 aliphatic carbocycles. The van der Waals surface area contributed by atoms with Crippen molar-refractivity contribution >= 4 is 32.1 Å². The number of hydrogen-bond donors (Lipinski definition) is 5. The molecule has 2 aromatic carbocycles. The average molecular weight is 518 g/mol. The number of nitriles is 1. The average Bonchev–Trinajstić information content (AvgIpc) is 2.88. The molecule has 1 unspecified atom stereocenters. The van der Waals surface area contributed by atoms with Gasteiger partial charge in [-0.2, -0.15) is 9.98 Å². The first-order valence-corrected chi connectivity index (χ1v) is 13.4. The highest BCUT2D eigenvalue weighted by molar-refractivity contribution is 7.93. The zero-order valence-corrected chi connectivity index (χ0v) is 20.7. The van der Waals surface area contributed by atoms with E-state index in [1.165, 1.54) is 26.2 Å². The highest BCUT2D eigenvalue weighted by Gasteiger charge is 2.45. The Bertz CT molecular complexity index is 1280. The number of ether oxygens (including phenoxy) is 1. The van der Waals surface area contributed by atoms with Crippen molar-refractivity contribution in [2.75, 3.05) is 24.6 Å². The number of nitrogens with one attached hydrogen (secondary N) is 1. The number of fused-ring (bicyclic) bond motifs is 1. The lowest BCUT2D eigenvalue weighted by Crippen LogP contribution is -2.64. The van der Waals surface area contributed by atoms with Crippen molar-refractivity contribution in [3.05, 3.63) is 46.9 Å². The molecule has 0 radical (unpaired) electrons. The Morgan fingerprint density at radius 1 is 1.08 bits per heavy atom. The topological polar surface area (TPSA) is 163 Å².